The summed E-state index contributed by atoms with van der Waals surface area (Å²) in [6.45, 7) is 1.38. The fourth-order valence-corrected chi connectivity index (χ4v) is 2.89. The molecule has 0 atom stereocenters. The highest BCUT2D eigenvalue weighted by atomic mass is 35.5. The number of nitrogens with one attached hydrogen (secondary N) is 2. The number of carbonyl (C=O) groups excluding carboxylic acids is 1. The Bertz CT molecular complexity index is 1050. The van der Waals surface area contributed by atoms with E-state index in [0.717, 1.165) is 5.56 Å². The van der Waals surface area contributed by atoms with Crippen molar-refractivity contribution in [2.75, 3.05) is 13.1 Å². The van der Waals surface area contributed by atoms with Crippen LogP contribution in [0.1, 0.15) is 10.4 Å². The number of hydrogen-bond donors (Lipinski definition) is 2. The predicted octanol–water partition coefficient (Wildman–Crippen LogP) is 0.988. The summed E-state index contributed by atoms with van der Waals surface area (Å²) < 4.78 is 2.77. The van der Waals surface area contributed by atoms with Crippen molar-refractivity contribution in [1.82, 2.24) is 30.2 Å². The number of aryl methyl sites for hydroxylation is 1. The molecule has 27 heavy (non-hydrogen) atoms. The first kappa shape index (κ1) is 17.4. The monoisotopic (exact) mass is 384 g/mol. The summed E-state index contributed by atoms with van der Waals surface area (Å²) in [5.41, 5.74) is 1.26. The zero-order valence-corrected chi connectivity index (χ0v) is 15.3. The molecule has 0 spiro atoms. The maximum Gasteiger partial charge on any atom is 0.284 e. The van der Waals surface area contributed by atoms with Crippen molar-refractivity contribution in [3.05, 3.63) is 63.7 Å². The molecule has 138 valence electrons. The maximum atomic E-state index is 12.9. The third-order valence-electron chi connectivity index (χ3n) is 4.35. The molecule has 3 heterocycles. The van der Waals surface area contributed by atoms with E-state index in [0.29, 0.717) is 29.5 Å². The van der Waals surface area contributed by atoms with Crippen molar-refractivity contribution in [2.45, 2.75) is 6.04 Å². The number of nitrogens with zero attached hydrogens (tertiary/aromatic N) is 4. The van der Waals surface area contributed by atoms with Gasteiger partial charge in [0, 0.05) is 30.7 Å². The summed E-state index contributed by atoms with van der Waals surface area (Å²) in [5.74, 6) is -0.415. The van der Waals surface area contributed by atoms with Crippen LogP contribution >= 0.6 is 11.6 Å². The van der Waals surface area contributed by atoms with Gasteiger partial charge < -0.3 is 10.6 Å². The SMILES string of the molecule is Cn1cc(-n2nc(-c3ccc(Cl)cc3)cc(C(=O)NC3CNC3)c2=O)cn1. The van der Waals surface area contributed by atoms with Gasteiger partial charge in [0.1, 0.15) is 11.3 Å². The summed E-state index contributed by atoms with van der Waals surface area (Å²) in [7, 11) is 1.74. The van der Waals surface area contributed by atoms with Gasteiger partial charge in [0.25, 0.3) is 11.5 Å². The number of aromatic nitrogens is 4. The second-order valence-electron chi connectivity index (χ2n) is 6.37. The largest absolute Gasteiger partial charge is 0.347 e. The lowest BCUT2D eigenvalue weighted by Gasteiger charge is -2.27. The molecule has 0 saturated carbocycles. The summed E-state index contributed by atoms with van der Waals surface area (Å²) in [4.78, 5) is 25.6. The Kier molecular flexibility index (Phi) is 4.51. The molecule has 2 aromatic heterocycles. The number of amides is 1. The molecule has 3 aromatic rings. The normalized spacial score (nSPS) is 14.0. The van der Waals surface area contributed by atoms with Gasteiger partial charge in [-0.1, -0.05) is 23.7 Å². The van der Waals surface area contributed by atoms with Crippen LogP contribution in [-0.2, 0) is 7.05 Å². The summed E-state index contributed by atoms with van der Waals surface area (Å²) >= 11 is 5.96. The van der Waals surface area contributed by atoms with Crippen LogP contribution in [0.5, 0.6) is 0 Å². The molecule has 0 bridgehead atoms. The van der Waals surface area contributed by atoms with E-state index in [1.54, 1.807) is 42.2 Å². The molecular weight excluding hydrogens is 368 g/mol. The third-order valence-corrected chi connectivity index (χ3v) is 4.60. The van der Waals surface area contributed by atoms with Gasteiger partial charge in [0.15, 0.2) is 0 Å². The molecule has 1 fully saturated rings. The molecule has 0 unspecified atom stereocenters. The molecule has 9 heteroatoms. The van der Waals surface area contributed by atoms with Gasteiger partial charge in [-0.3, -0.25) is 14.3 Å². The highest BCUT2D eigenvalue weighted by Gasteiger charge is 2.23. The van der Waals surface area contributed by atoms with Crippen LogP contribution in [0.2, 0.25) is 5.02 Å². The first-order chi connectivity index (χ1) is 13.0. The third kappa shape index (κ3) is 3.49. The van der Waals surface area contributed by atoms with Crippen LogP contribution in [0.25, 0.3) is 16.9 Å². The Morgan fingerprint density at radius 1 is 1.30 bits per heavy atom. The van der Waals surface area contributed by atoms with E-state index >= 15 is 0 Å². The van der Waals surface area contributed by atoms with E-state index in [2.05, 4.69) is 20.8 Å². The van der Waals surface area contributed by atoms with Gasteiger partial charge >= 0.3 is 0 Å². The Labute approximate surface area is 159 Å². The quantitative estimate of drug-likeness (QED) is 0.699. The number of hydrogen-bond acceptors (Lipinski definition) is 5. The van der Waals surface area contributed by atoms with Crippen LogP contribution in [0, 0.1) is 0 Å². The van der Waals surface area contributed by atoms with Crippen LogP contribution < -0.4 is 16.2 Å². The average Bonchev–Trinajstić information content (AvgIpc) is 3.05. The van der Waals surface area contributed by atoms with Crippen molar-refractivity contribution in [3.8, 4) is 16.9 Å². The zero-order chi connectivity index (χ0) is 19.0. The highest BCUT2D eigenvalue weighted by Crippen LogP contribution is 2.20. The Balaban J connectivity index is 1.83. The number of benzene rings is 1. The van der Waals surface area contributed by atoms with Gasteiger partial charge in [-0.25, -0.2) is 0 Å². The van der Waals surface area contributed by atoms with Crippen LogP contribution in [0.4, 0.5) is 0 Å². The lowest BCUT2D eigenvalue weighted by atomic mass is 10.1. The smallest absolute Gasteiger partial charge is 0.284 e. The predicted molar refractivity (Wildman–Crippen MR) is 101 cm³/mol. The van der Waals surface area contributed by atoms with Gasteiger partial charge in [-0.15, -0.1) is 0 Å². The van der Waals surface area contributed by atoms with Crippen molar-refractivity contribution in [1.29, 1.82) is 0 Å². The maximum absolute atomic E-state index is 12.9. The first-order valence-electron chi connectivity index (χ1n) is 8.42. The topological polar surface area (TPSA) is 93.8 Å². The van der Waals surface area contributed by atoms with E-state index in [9.17, 15) is 9.59 Å². The number of carbonyl (C=O) groups is 1. The molecule has 1 saturated heterocycles. The number of halogens is 1. The lowest BCUT2D eigenvalue weighted by molar-refractivity contribution is 0.0922. The van der Waals surface area contributed by atoms with Gasteiger partial charge in [-0.2, -0.15) is 14.9 Å². The molecule has 1 amide bonds. The van der Waals surface area contributed by atoms with E-state index in [1.807, 2.05) is 0 Å². The summed E-state index contributed by atoms with van der Waals surface area (Å²) in [5, 5.41) is 15.0. The molecule has 2 N–H and O–H groups in total. The molecule has 1 aliphatic heterocycles. The highest BCUT2D eigenvalue weighted by molar-refractivity contribution is 6.30. The van der Waals surface area contributed by atoms with Crippen LogP contribution in [0.15, 0.2) is 47.5 Å². The fourth-order valence-electron chi connectivity index (χ4n) is 2.77. The minimum Gasteiger partial charge on any atom is -0.347 e. The standard InChI is InChI=1S/C18H17ClN6O2/c1-24-10-14(9-21-24)25-18(27)15(17(26)22-13-7-20-8-13)6-16(23-25)11-2-4-12(19)5-3-11/h2-6,9-10,13,20H,7-8H2,1H3,(H,22,26). The van der Waals surface area contributed by atoms with E-state index in [-0.39, 0.29) is 11.6 Å². The van der Waals surface area contributed by atoms with E-state index in [4.69, 9.17) is 11.6 Å². The van der Waals surface area contributed by atoms with Crippen LogP contribution in [0.3, 0.4) is 0 Å². The average molecular weight is 385 g/mol. The fraction of sp³-hybridized carbons (Fsp3) is 0.222. The zero-order valence-electron chi connectivity index (χ0n) is 14.5. The van der Waals surface area contributed by atoms with Crippen molar-refractivity contribution in [3.63, 3.8) is 0 Å². The van der Waals surface area contributed by atoms with Gasteiger partial charge in [0.2, 0.25) is 0 Å². The lowest BCUT2D eigenvalue weighted by Crippen LogP contribution is -2.57. The van der Waals surface area contributed by atoms with E-state index < -0.39 is 11.5 Å². The molecule has 0 radical (unpaired) electrons. The molecular formula is C18H17ClN6O2. The van der Waals surface area contributed by atoms with Crippen molar-refractivity contribution in [2.24, 2.45) is 7.05 Å². The molecule has 1 aromatic carbocycles. The molecule has 1 aliphatic rings. The Hall–Kier alpha value is -2.97. The van der Waals surface area contributed by atoms with Gasteiger partial charge in [-0.05, 0) is 18.2 Å². The van der Waals surface area contributed by atoms with Gasteiger partial charge in [0.05, 0.1) is 24.1 Å². The van der Waals surface area contributed by atoms with Crippen molar-refractivity contribution >= 4 is 17.5 Å². The minimum absolute atomic E-state index is 0.0240. The van der Waals surface area contributed by atoms with Crippen LogP contribution in [-0.4, -0.2) is 44.6 Å². The Morgan fingerprint density at radius 3 is 2.63 bits per heavy atom. The summed E-state index contributed by atoms with van der Waals surface area (Å²) in [6, 6.07) is 8.59. The minimum atomic E-state index is -0.495. The molecule has 0 aliphatic carbocycles. The molecule has 8 nitrogen and oxygen atoms in total. The number of rotatable bonds is 4. The first-order valence-corrected chi connectivity index (χ1v) is 8.80. The van der Waals surface area contributed by atoms with E-state index in [1.165, 1.54) is 16.9 Å². The van der Waals surface area contributed by atoms with Crippen molar-refractivity contribution < 1.29 is 4.79 Å². The summed E-state index contributed by atoms with van der Waals surface area (Å²) in [6.07, 6.45) is 3.19. The molecule has 4 rings (SSSR count). The second-order valence-corrected chi connectivity index (χ2v) is 6.80. The Morgan fingerprint density at radius 2 is 2.04 bits per heavy atom. The second kappa shape index (κ2) is 6.98.